The predicted molar refractivity (Wildman–Crippen MR) is 54.2 cm³/mol. The number of hydrogen-bond donors (Lipinski definition) is 2. The number of anilines is 1. The Kier molecular flexibility index (Phi) is 2.27. The second kappa shape index (κ2) is 3.38. The molecule has 1 unspecified atom stereocenters. The van der Waals surface area contributed by atoms with Crippen LogP contribution >= 0.6 is 0 Å². The predicted octanol–water partition coefficient (Wildman–Crippen LogP) is 0.944. The van der Waals surface area contributed by atoms with Gasteiger partial charge in [-0.05, 0) is 25.1 Å². The normalized spacial score (nSPS) is 22.8. The number of Topliss-reactive ketones (excluding diaryl/α,β-unsaturated/α-hetero) is 1. The number of fused-ring (bicyclic) bond motifs is 1. The van der Waals surface area contributed by atoms with Crippen LogP contribution in [0.25, 0.3) is 0 Å². The largest absolute Gasteiger partial charge is 0.375 e. The van der Waals surface area contributed by atoms with Gasteiger partial charge in [0, 0.05) is 17.7 Å². The summed E-state index contributed by atoms with van der Waals surface area (Å²) in [4.78, 5) is 22.6. The molecule has 1 amide bonds. The molecule has 0 saturated heterocycles. The van der Waals surface area contributed by atoms with Gasteiger partial charge in [0.25, 0.3) is 5.91 Å². The van der Waals surface area contributed by atoms with Crippen molar-refractivity contribution in [2.24, 2.45) is 0 Å². The van der Waals surface area contributed by atoms with Gasteiger partial charge < -0.3 is 10.4 Å². The summed E-state index contributed by atoms with van der Waals surface area (Å²) in [6.07, 6.45) is -0.352. The fourth-order valence-electron chi connectivity index (χ4n) is 1.85. The van der Waals surface area contributed by atoms with E-state index in [0.717, 1.165) is 6.07 Å². The molecule has 1 aliphatic heterocycles. The van der Waals surface area contributed by atoms with Crippen LogP contribution in [0.15, 0.2) is 18.2 Å². The highest BCUT2D eigenvalue weighted by molar-refractivity contribution is 6.06. The second-order valence-corrected chi connectivity index (χ2v) is 3.88. The molecule has 0 bridgehead atoms. The van der Waals surface area contributed by atoms with Crippen molar-refractivity contribution in [2.75, 3.05) is 5.32 Å². The standard InChI is InChI=1S/C11H10FNO3/c1-6(14)5-11(16)8-4-7(12)2-3-9(8)13-10(11)15/h2-4,16H,5H2,1H3,(H,13,15). The zero-order chi connectivity index (χ0) is 11.9. The third-order valence-corrected chi connectivity index (χ3v) is 2.56. The molecular weight excluding hydrogens is 213 g/mol. The lowest BCUT2D eigenvalue weighted by Gasteiger charge is -2.18. The summed E-state index contributed by atoms with van der Waals surface area (Å²) in [5.41, 5.74) is -1.48. The molecule has 84 valence electrons. The molecule has 1 heterocycles. The van der Waals surface area contributed by atoms with E-state index in [2.05, 4.69) is 5.32 Å². The minimum absolute atomic E-state index is 0.118. The molecule has 2 N–H and O–H groups in total. The number of halogens is 1. The van der Waals surface area contributed by atoms with E-state index in [4.69, 9.17) is 0 Å². The van der Waals surface area contributed by atoms with Crippen LogP contribution in [0.4, 0.5) is 10.1 Å². The Bertz CT molecular complexity index is 486. The third-order valence-electron chi connectivity index (χ3n) is 2.56. The van der Waals surface area contributed by atoms with Crippen molar-refractivity contribution in [1.29, 1.82) is 0 Å². The van der Waals surface area contributed by atoms with Gasteiger partial charge in [0.05, 0.1) is 0 Å². The number of nitrogens with one attached hydrogen (secondary N) is 1. The molecule has 16 heavy (non-hydrogen) atoms. The third kappa shape index (κ3) is 1.49. The maximum atomic E-state index is 13.0. The lowest BCUT2D eigenvalue weighted by Crippen LogP contribution is -2.36. The lowest BCUT2D eigenvalue weighted by atomic mass is 9.90. The van der Waals surface area contributed by atoms with E-state index in [1.54, 1.807) is 0 Å². The van der Waals surface area contributed by atoms with E-state index in [-0.39, 0.29) is 17.8 Å². The molecule has 2 rings (SSSR count). The van der Waals surface area contributed by atoms with Crippen LogP contribution in [-0.2, 0) is 15.2 Å². The van der Waals surface area contributed by atoms with Crippen molar-refractivity contribution in [3.63, 3.8) is 0 Å². The van der Waals surface area contributed by atoms with Gasteiger partial charge in [-0.25, -0.2) is 4.39 Å². The SMILES string of the molecule is CC(=O)CC1(O)C(=O)Nc2ccc(F)cc21. The lowest BCUT2D eigenvalue weighted by molar-refractivity contribution is -0.139. The van der Waals surface area contributed by atoms with E-state index in [0.29, 0.717) is 5.69 Å². The number of carbonyl (C=O) groups is 2. The van der Waals surface area contributed by atoms with Crippen LogP contribution in [0.2, 0.25) is 0 Å². The van der Waals surface area contributed by atoms with Gasteiger partial charge in [-0.15, -0.1) is 0 Å². The molecule has 1 aromatic carbocycles. The molecule has 1 atom stereocenters. The summed E-state index contributed by atoms with van der Waals surface area (Å²) >= 11 is 0. The Hall–Kier alpha value is -1.75. The van der Waals surface area contributed by atoms with Gasteiger partial charge in [-0.3, -0.25) is 9.59 Å². The molecule has 0 aromatic heterocycles. The summed E-state index contributed by atoms with van der Waals surface area (Å²) in [5, 5.41) is 12.5. The van der Waals surface area contributed by atoms with Crippen LogP contribution in [-0.4, -0.2) is 16.8 Å². The Morgan fingerprint density at radius 3 is 2.88 bits per heavy atom. The molecular formula is C11H10FNO3. The summed E-state index contributed by atoms with van der Waals surface area (Å²) in [5.74, 6) is -1.59. The highest BCUT2D eigenvalue weighted by Gasteiger charge is 2.46. The van der Waals surface area contributed by atoms with E-state index in [1.807, 2.05) is 0 Å². The van der Waals surface area contributed by atoms with Gasteiger partial charge >= 0.3 is 0 Å². The Balaban J connectivity index is 2.53. The highest BCUT2D eigenvalue weighted by Crippen LogP contribution is 2.38. The average Bonchev–Trinajstić information content (AvgIpc) is 2.40. The maximum absolute atomic E-state index is 13.0. The smallest absolute Gasteiger partial charge is 0.261 e. The number of benzene rings is 1. The van der Waals surface area contributed by atoms with Crippen molar-refractivity contribution in [2.45, 2.75) is 18.9 Å². The Labute approximate surface area is 91.1 Å². The number of rotatable bonds is 2. The second-order valence-electron chi connectivity index (χ2n) is 3.88. The summed E-state index contributed by atoms with van der Waals surface area (Å²) in [6, 6.07) is 3.61. The van der Waals surface area contributed by atoms with E-state index in [1.165, 1.54) is 19.1 Å². The van der Waals surface area contributed by atoms with Crippen molar-refractivity contribution >= 4 is 17.4 Å². The Morgan fingerprint density at radius 1 is 1.56 bits per heavy atom. The zero-order valence-electron chi connectivity index (χ0n) is 8.58. The van der Waals surface area contributed by atoms with Crippen LogP contribution in [0.1, 0.15) is 18.9 Å². The van der Waals surface area contributed by atoms with Gasteiger partial charge in [0.1, 0.15) is 11.6 Å². The molecule has 0 spiro atoms. The first kappa shape index (κ1) is 10.8. The molecule has 5 heteroatoms. The Morgan fingerprint density at radius 2 is 2.25 bits per heavy atom. The minimum Gasteiger partial charge on any atom is -0.375 e. The fourth-order valence-corrected chi connectivity index (χ4v) is 1.85. The van der Waals surface area contributed by atoms with Gasteiger partial charge in [-0.1, -0.05) is 0 Å². The molecule has 0 saturated carbocycles. The number of amides is 1. The van der Waals surface area contributed by atoms with Crippen LogP contribution in [0.5, 0.6) is 0 Å². The van der Waals surface area contributed by atoms with Crippen LogP contribution in [0, 0.1) is 5.82 Å². The van der Waals surface area contributed by atoms with Gasteiger partial charge in [0.2, 0.25) is 0 Å². The van der Waals surface area contributed by atoms with Crippen molar-refractivity contribution in [3.8, 4) is 0 Å². The van der Waals surface area contributed by atoms with Crippen molar-refractivity contribution in [3.05, 3.63) is 29.6 Å². The molecule has 1 aromatic rings. The highest BCUT2D eigenvalue weighted by atomic mass is 19.1. The summed E-state index contributed by atoms with van der Waals surface area (Å²) in [7, 11) is 0. The molecule has 0 aliphatic carbocycles. The van der Waals surface area contributed by atoms with Gasteiger partial charge in [0.15, 0.2) is 5.60 Å². The molecule has 0 fully saturated rings. The van der Waals surface area contributed by atoms with E-state index in [9.17, 15) is 19.1 Å². The number of carbonyl (C=O) groups excluding carboxylic acids is 2. The quantitative estimate of drug-likeness (QED) is 0.784. The fraction of sp³-hybridized carbons (Fsp3) is 0.273. The van der Waals surface area contributed by atoms with E-state index >= 15 is 0 Å². The van der Waals surface area contributed by atoms with Crippen molar-refractivity contribution < 1.29 is 19.1 Å². The number of aliphatic hydroxyl groups is 1. The topological polar surface area (TPSA) is 66.4 Å². The first-order valence-corrected chi connectivity index (χ1v) is 4.77. The monoisotopic (exact) mass is 223 g/mol. The number of hydrogen-bond acceptors (Lipinski definition) is 3. The maximum Gasteiger partial charge on any atom is 0.261 e. The molecule has 0 radical (unpaired) electrons. The zero-order valence-corrected chi connectivity index (χ0v) is 8.58. The summed E-state index contributed by atoms with van der Waals surface area (Å²) in [6.45, 7) is 1.27. The molecule has 4 nitrogen and oxygen atoms in total. The van der Waals surface area contributed by atoms with Crippen LogP contribution < -0.4 is 5.32 Å². The van der Waals surface area contributed by atoms with Gasteiger partial charge in [-0.2, -0.15) is 0 Å². The summed E-state index contributed by atoms with van der Waals surface area (Å²) < 4.78 is 13.0. The first-order chi connectivity index (χ1) is 7.43. The van der Waals surface area contributed by atoms with Crippen LogP contribution in [0.3, 0.4) is 0 Å². The average molecular weight is 223 g/mol. The number of ketones is 1. The van der Waals surface area contributed by atoms with Crippen molar-refractivity contribution in [1.82, 2.24) is 0 Å². The first-order valence-electron chi connectivity index (χ1n) is 4.77. The minimum atomic E-state index is -1.94. The van der Waals surface area contributed by atoms with E-state index < -0.39 is 17.3 Å². The molecule has 1 aliphatic rings.